The van der Waals surface area contributed by atoms with Gasteiger partial charge in [-0.3, -0.25) is 9.69 Å². The molecule has 39 heavy (non-hydrogen) atoms. The summed E-state index contributed by atoms with van der Waals surface area (Å²) >= 11 is 7.95. The van der Waals surface area contributed by atoms with E-state index < -0.39 is 0 Å². The van der Waals surface area contributed by atoms with Crippen LogP contribution in [0.2, 0.25) is 5.15 Å². The summed E-state index contributed by atoms with van der Waals surface area (Å²) < 4.78 is 0. The summed E-state index contributed by atoms with van der Waals surface area (Å²) in [6.45, 7) is 4.67. The molecule has 0 unspecified atom stereocenters. The number of anilines is 1. The number of nitrogens with one attached hydrogen (secondary N) is 1. The summed E-state index contributed by atoms with van der Waals surface area (Å²) in [4.78, 5) is 26.8. The van der Waals surface area contributed by atoms with Crippen molar-refractivity contribution in [1.29, 1.82) is 0 Å². The van der Waals surface area contributed by atoms with Gasteiger partial charge in [0, 0.05) is 56.1 Å². The molecular weight excluding hydrogens is 526 g/mol. The molecule has 6 nitrogen and oxygen atoms in total. The van der Waals surface area contributed by atoms with Gasteiger partial charge in [0.1, 0.15) is 11.0 Å². The van der Waals surface area contributed by atoms with Crippen molar-refractivity contribution in [2.75, 3.05) is 37.6 Å². The van der Waals surface area contributed by atoms with E-state index in [0.29, 0.717) is 27.7 Å². The number of rotatable bonds is 9. The van der Waals surface area contributed by atoms with Crippen molar-refractivity contribution in [1.82, 2.24) is 20.2 Å². The van der Waals surface area contributed by atoms with Crippen molar-refractivity contribution in [3.63, 3.8) is 0 Å². The first kappa shape index (κ1) is 27.7. The number of piperazine rings is 1. The Morgan fingerprint density at radius 2 is 1.77 bits per heavy atom. The highest BCUT2D eigenvalue weighted by molar-refractivity contribution is 7.98. The van der Waals surface area contributed by atoms with Crippen LogP contribution in [0.25, 0.3) is 6.08 Å². The van der Waals surface area contributed by atoms with Crippen LogP contribution in [0.4, 0.5) is 5.82 Å². The average molecular weight is 562 g/mol. The van der Waals surface area contributed by atoms with Crippen molar-refractivity contribution >= 4 is 41.2 Å². The second kappa shape index (κ2) is 14.0. The van der Waals surface area contributed by atoms with Gasteiger partial charge in [-0.15, -0.1) is 0 Å². The quantitative estimate of drug-likeness (QED) is 0.187. The van der Waals surface area contributed by atoms with Crippen LogP contribution in [0.1, 0.15) is 53.6 Å². The van der Waals surface area contributed by atoms with E-state index in [1.807, 2.05) is 36.4 Å². The first-order valence-corrected chi connectivity index (χ1v) is 15.2. The molecule has 1 saturated carbocycles. The molecule has 1 aromatic heterocycles. The van der Waals surface area contributed by atoms with E-state index >= 15 is 0 Å². The highest BCUT2D eigenvalue weighted by Crippen LogP contribution is 2.26. The Morgan fingerprint density at radius 3 is 2.56 bits per heavy atom. The molecule has 0 radical (unpaired) electrons. The zero-order chi connectivity index (χ0) is 26.9. The molecule has 2 aliphatic rings. The summed E-state index contributed by atoms with van der Waals surface area (Å²) in [6.07, 6.45) is 10.2. The summed E-state index contributed by atoms with van der Waals surface area (Å²) in [5.74, 6) is 1.56. The number of carbonyl (C=O) groups is 1. The van der Waals surface area contributed by atoms with Crippen LogP contribution in [0.15, 0.2) is 71.9 Å². The Bertz CT molecular complexity index is 1260. The predicted molar refractivity (Wildman–Crippen MR) is 162 cm³/mol. The molecule has 1 aliphatic carbocycles. The largest absolute Gasteiger partial charge is 0.354 e. The van der Waals surface area contributed by atoms with E-state index in [2.05, 4.69) is 56.5 Å². The normalized spacial score (nSPS) is 17.0. The first-order valence-electron chi connectivity index (χ1n) is 13.9. The number of hydrogen-bond donors (Lipinski definition) is 1. The minimum atomic E-state index is 0.0183. The monoisotopic (exact) mass is 561 g/mol. The van der Waals surface area contributed by atoms with Gasteiger partial charge >= 0.3 is 0 Å². The molecule has 2 fully saturated rings. The topological polar surface area (TPSA) is 61.4 Å². The number of thioether (sulfide) groups is 1. The number of aromatic nitrogens is 2. The maximum absolute atomic E-state index is 12.8. The van der Waals surface area contributed by atoms with Crippen LogP contribution in [0.3, 0.4) is 0 Å². The molecule has 2 heterocycles. The van der Waals surface area contributed by atoms with Crippen LogP contribution in [0, 0.1) is 0 Å². The van der Waals surface area contributed by atoms with Crippen LogP contribution >= 0.6 is 23.4 Å². The molecule has 204 valence electrons. The molecule has 0 bridgehead atoms. The minimum absolute atomic E-state index is 0.0183. The second-order valence-corrected chi connectivity index (χ2v) is 11.6. The van der Waals surface area contributed by atoms with Crippen molar-refractivity contribution in [2.24, 2.45) is 0 Å². The maximum atomic E-state index is 12.8. The van der Waals surface area contributed by atoms with Gasteiger partial charge in [0.2, 0.25) is 0 Å². The predicted octanol–water partition coefficient (Wildman–Crippen LogP) is 6.32. The average Bonchev–Trinajstić information content (AvgIpc) is 2.97. The molecule has 0 spiro atoms. The molecule has 1 N–H and O–H groups in total. The maximum Gasteiger partial charge on any atom is 0.251 e. The third-order valence-corrected chi connectivity index (χ3v) is 8.44. The van der Waals surface area contributed by atoms with Gasteiger partial charge in [0.15, 0.2) is 5.16 Å². The third kappa shape index (κ3) is 8.31. The summed E-state index contributed by atoms with van der Waals surface area (Å²) in [6, 6.07) is 20.4. The van der Waals surface area contributed by atoms with E-state index in [1.54, 1.807) is 11.8 Å². The van der Waals surface area contributed by atoms with E-state index in [1.165, 1.54) is 24.8 Å². The van der Waals surface area contributed by atoms with Gasteiger partial charge in [-0.05, 0) is 36.1 Å². The number of halogens is 1. The number of benzene rings is 2. The first-order chi connectivity index (χ1) is 19.1. The Balaban J connectivity index is 1.13. The minimum Gasteiger partial charge on any atom is -0.354 e. The fourth-order valence-electron chi connectivity index (χ4n) is 5.14. The van der Waals surface area contributed by atoms with Crippen LogP contribution in [-0.2, 0) is 5.75 Å². The lowest BCUT2D eigenvalue weighted by Gasteiger charge is -2.35. The van der Waals surface area contributed by atoms with E-state index in [0.717, 1.165) is 56.9 Å². The van der Waals surface area contributed by atoms with Crippen LogP contribution in [-0.4, -0.2) is 59.5 Å². The number of amides is 1. The summed E-state index contributed by atoms with van der Waals surface area (Å²) in [5, 5.41) is 4.32. The Kier molecular flexibility index (Phi) is 9.92. The smallest absolute Gasteiger partial charge is 0.251 e. The van der Waals surface area contributed by atoms with Crippen molar-refractivity contribution < 1.29 is 4.79 Å². The highest BCUT2D eigenvalue weighted by atomic mass is 35.5. The van der Waals surface area contributed by atoms with E-state index in [-0.39, 0.29) is 5.91 Å². The molecule has 1 aliphatic heterocycles. The van der Waals surface area contributed by atoms with Gasteiger partial charge < -0.3 is 10.2 Å². The molecule has 3 aromatic rings. The Labute approximate surface area is 240 Å². The lowest BCUT2D eigenvalue weighted by Crippen LogP contribution is -2.46. The lowest BCUT2D eigenvalue weighted by atomic mass is 9.95. The zero-order valence-electron chi connectivity index (χ0n) is 22.3. The Hall–Kier alpha value is -2.87. The van der Waals surface area contributed by atoms with Gasteiger partial charge in [0.25, 0.3) is 5.91 Å². The van der Waals surface area contributed by atoms with Gasteiger partial charge in [-0.1, -0.05) is 97.2 Å². The summed E-state index contributed by atoms with van der Waals surface area (Å²) in [5.41, 5.74) is 3.01. The van der Waals surface area contributed by atoms with Crippen molar-refractivity contribution in [3.05, 3.63) is 88.6 Å². The number of hydrogen-bond acceptors (Lipinski definition) is 6. The molecule has 0 atom stereocenters. The second-order valence-electron chi connectivity index (χ2n) is 10.2. The molecule has 1 amide bonds. The Morgan fingerprint density at radius 1 is 0.974 bits per heavy atom. The van der Waals surface area contributed by atoms with Gasteiger partial charge in [0.05, 0.1) is 0 Å². The SMILES string of the molecule is O=C(NC1CCCCC1)c1cccc(CSc2nc(Cl)cc(N3CCN(CC=Cc4ccccc4)CC3)n2)c1. The highest BCUT2D eigenvalue weighted by Gasteiger charge is 2.19. The van der Waals surface area contributed by atoms with Crippen LogP contribution < -0.4 is 10.2 Å². The lowest BCUT2D eigenvalue weighted by molar-refractivity contribution is 0.0927. The fraction of sp³-hybridized carbons (Fsp3) is 0.387. The van der Waals surface area contributed by atoms with Crippen molar-refractivity contribution in [2.45, 2.75) is 49.1 Å². The van der Waals surface area contributed by atoms with Crippen molar-refractivity contribution in [3.8, 4) is 0 Å². The fourth-order valence-corrected chi connectivity index (χ4v) is 6.16. The van der Waals surface area contributed by atoms with E-state index in [4.69, 9.17) is 16.6 Å². The van der Waals surface area contributed by atoms with Crippen LogP contribution in [0.5, 0.6) is 0 Å². The molecule has 5 rings (SSSR count). The molecule has 8 heteroatoms. The molecule has 2 aromatic carbocycles. The zero-order valence-corrected chi connectivity index (χ0v) is 23.8. The van der Waals surface area contributed by atoms with E-state index in [9.17, 15) is 4.79 Å². The van der Waals surface area contributed by atoms with Gasteiger partial charge in [-0.2, -0.15) is 0 Å². The molecule has 1 saturated heterocycles. The number of nitrogens with zero attached hydrogens (tertiary/aromatic N) is 4. The standard InChI is InChI=1S/C31H36ClN5OS/c32-28-22-29(37-19-17-36(18-20-37)16-8-12-24-9-3-1-4-10-24)35-31(34-28)39-23-25-11-7-13-26(21-25)30(38)33-27-14-5-2-6-15-27/h1,3-4,7-13,21-22,27H,2,5-6,14-20,23H2,(H,33,38). The molecular formula is C31H36ClN5OS. The summed E-state index contributed by atoms with van der Waals surface area (Å²) in [7, 11) is 0. The van der Waals surface area contributed by atoms with Gasteiger partial charge in [-0.25, -0.2) is 9.97 Å². The third-order valence-electron chi connectivity index (χ3n) is 7.33. The number of carbonyl (C=O) groups excluding carboxylic acids is 1.